The molecule has 0 spiro atoms. The third-order valence-corrected chi connectivity index (χ3v) is 4.44. The van der Waals surface area contributed by atoms with E-state index in [1.54, 1.807) is 0 Å². The lowest BCUT2D eigenvalue weighted by Gasteiger charge is -2.37. The Morgan fingerprint density at radius 1 is 1.53 bits per heavy atom. The first kappa shape index (κ1) is 12.4. The number of carbonyl (C=O) groups is 1. The van der Waals surface area contributed by atoms with Crippen LogP contribution in [0.1, 0.15) is 24.8 Å². The first-order chi connectivity index (χ1) is 8.03. The van der Waals surface area contributed by atoms with E-state index in [0.29, 0.717) is 6.54 Å². The van der Waals surface area contributed by atoms with Crippen LogP contribution in [0.3, 0.4) is 0 Å². The molecule has 0 aromatic heterocycles. The minimum Gasteiger partial charge on any atom is -0.481 e. The van der Waals surface area contributed by atoms with Gasteiger partial charge in [-0.15, -0.1) is 0 Å². The Labute approximate surface area is 109 Å². The number of halogens is 1. The molecular formula is C13H16BrNO2. The van der Waals surface area contributed by atoms with E-state index in [2.05, 4.69) is 21.2 Å². The predicted molar refractivity (Wildman–Crippen MR) is 71.3 cm³/mol. The van der Waals surface area contributed by atoms with E-state index in [1.165, 1.54) is 0 Å². The zero-order valence-electron chi connectivity index (χ0n) is 9.79. The van der Waals surface area contributed by atoms with Gasteiger partial charge in [0.15, 0.2) is 0 Å². The van der Waals surface area contributed by atoms with Gasteiger partial charge in [0, 0.05) is 16.7 Å². The van der Waals surface area contributed by atoms with Gasteiger partial charge in [0.1, 0.15) is 0 Å². The van der Waals surface area contributed by atoms with Crippen molar-refractivity contribution in [3.8, 4) is 0 Å². The van der Waals surface area contributed by atoms with Crippen molar-refractivity contribution < 1.29 is 9.90 Å². The van der Waals surface area contributed by atoms with Gasteiger partial charge in [-0.2, -0.15) is 0 Å². The van der Waals surface area contributed by atoms with E-state index in [-0.39, 0.29) is 0 Å². The molecule has 0 bridgehead atoms. The number of hydrogen-bond donors (Lipinski definition) is 2. The fourth-order valence-electron chi connectivity index (χ4n) is 2.10. The van der Waals surface area contributed by atoms with Crippen LogP contribution in [0.15, 0.2) is 22.7 Å². The normalized spacial score (nSPS) is 17.3. The van der Waals surface area contributed by atoms with E-state index in [1.807, 2.05) is 25.1 Å². The lowest BCUT2D eigenvalue weighted by Crippen LogP contribution is -2.43. The van der Waals surface area contributed by atoms with Crippen molar-refractivity contribution in [1.82, 2.24) is 0 Å². The molecule has 0 saturated heterocycles. The number of nitrogens with one attached hydrogen (secondary N) is 1. The van der Waals surface area contributed by atoms with Crippen molar-refractivity contribution in [2.45, 2.75) is 26.2 Å². The van der Waals surface area contributed by atoms with E-state index >= 15 is 0 Å². The lowest BCUT2D eigenvalue weighted by molar-refractivity contribution is -0.153. The van der Waals surface area contributed by atoms with Crippen LogP contribution in [0, 0.1) is 12.3 Å². The zero-order valence-corrected chi connectivity index (χ0v) is 11.4. The zero-order chi connectivity index (χ0) is 12.5. The third kappa shape index (κ3) is 2.46. The number of anilines is 1. The van der Waals surface area contributed by atoms with Gasteiger partial charge in [-0.05, 0) is 43.5 Å². The quantitative estimate of drug-likeness (QED) is 0.895. The van der Waals surface area contributed by atoms with Crippen molar-refractivity contribution in [2.24, 2.45) is 5.41 Å². The minimum atomic E-state index is -0.676. The Balaban J connectivity index is 2.02. The second-order valence-electron chi connectivity index (χ2n) is 4.76. The predicted octanol–water partition coefficient (Wildman–Crippen LogP) is 3.42. The van der Waals surface area contributed by atoms with Crippen LogP contribution >= 0.6 is 15.9 Å². The first-order valence-corrected chi connectivity index (χ1v) is 6.56. The summed E-state index contributed by atoms with van der Waals surface area (Å²) in [5.74, 6) is -0.676. The topological polar surface area (TPSA) is 49.3 Å². The van der Waals surface area contributed by atoms with E-state index in [9.17, 15) is 9.90 Å². The number of carboxylic acid groups (broad SMARTS) is 1. The molecule has 0 heterocycles. The van der Waals surface area contributed by atoms with Crippen LogP contribution in [0.5, 0.6) is 0 Å². The van der Waals surface area contributed by atoms with Gasteiger partial charge in [-0.1, -0.05) is 22.4 Å². The molecule has 0 aliphatic heterocycles. The van der Waals surface area contributed by atoms with Gasteiger partial charge in [-0.3, -0.25) is 4.79 Å². The summed E-state index contributed by atoms with van der Waals surface area (Å²) in [5, 5.41) is 12.4. The number of hydrogen-bond acceptors (Lipinski definition) is 2. The van der Waals surface area contributed by atoms with Crippen molar-refractivity contribution in [3.05, 3.63) is 28.2 Å². The van der Waals surface area contributed by atoms with Crippen LogP contribution in [-0.2, 0) is 4.79 Å². The SMILES string of the molecule is Cc1cc(NCC2(C(=O)O)CCC2)ccc1Br. The number of benzene rings is 1. The molecule has 2 N–H and O–H groups in total. The Kier molecular flexibility index (Phi) is 3.43. The number of aliphatic carboxylic acids is 1. The summed E-state index contributed by atoms with van der Waals surface area (Å²) in [6.07, 6.45) is 2.59. The van der Waals surface area contributed by atoms with Gasteiger partial charge in [0.05, 0.1) is 5.41 Å². The number of carboxylic acids is 1. The highest BCUT2D eigenvalue weighted by atomic mass is 79.9. The van der Waals surface area contributed by atoms with Crippen molar-refractivity contribution >= 4 is 27.6 Å². The molecular weight excluding hydrogens is 282 g/mol. The molecule has 0 unspecified atom stereocenters. The molecule has 3 nitrogen and oxygen atoms in total. The number of rotatable bonds is 4. The van der Waals surface area contributed by atoms with Crippen LogP contribution < -0.4 is 5.32 Å². The molecule has 0 radical (unpaired) electrons. The summed E-state index contributed by atoms with van der Waals surface area (Å²) in [5.41, 5.74) is 1.59. The van der Waals surface area contributed by atoms with Crippen LogP contribution in [0.2, 0.25) is 0 Å². The molecule has 2 rings (SSSR count). The highest BCUT2D eigenvalue weighted by Crippen LogP contribution is 2.41. The summed E-state index contributed by atoms with van der Waals surface area (Å²) in [6.45, 7) is 2.54. The maximum absolute atomic E-state index is 11.2. The summed E-state index contributed by atoms with van der Waals surface area (Å²) < 4.78 is 1.07. The molecule has 1 aromatic rings. The summed E-state index contributed by atoms with van der Waals surface area (Å²) in [7, 11) is 0. The summed E-state index contributed by atoms with van der Waals surface area (Å²) in [6, 6.07) is 5.97. The second-order valence-corrected chi connectivity index (χ2v) is 5.61. The number of aryl methyl sites for hydroxylation is 1. The molecule has 4 heteroatoms. The highest BCUT2D eigenvalue weighted by Gasteiger charge is 2.44. The largest absolute Gasteiger partial charge is 0.481 e. The first-order valence-electron chi connectivity index (χ1n) is 5.77. The van der Waals surface area contributed by atoms with Gasteiger partial charge in [0.25, 0.3) is 0 Å². The Hall–Kier alpha value is -1.03. The maximum Gasteiger partial charge on any atom is 0.311 e. The second kappa shape index (κ2) is 4.69. The van der Waals surface area contributed by atoms with Crippen LogP contribution in [-0.4, -0.2) is 17.6 Å². The fraction of sp³-hybridized carbons (Fsp3) is 0.462. The molecule has 1 aliphatic rings. The van der Waals surface area contributed by atoms with Crippen LogP contribution in [0.25, 0.3) is 0 Å². The van der Waals surface area contributed by atoms with Gasteiger partial charge in [0.2, 0.25) is 0 Å². The molecule has 17 heavy (non-hydrogen) atoms. The average molecular weight is 298 g/mol. The van der Waals surface area contributed by atoms with E-state index < -0.39 is 11.4 Å². The monoisotopic (exact) mass is 297 g/mol. The van der Waals surface area contributed by atoms with Crippen molar-refractivity contribution in [3.63, 3.8) is 0 Å². The van der Waals surface area contributed by atoms with Crippen LogP contribution in [0.4, 0.5) is 5.69 Å². The Morgan fingerprint density at radius 3 is 2.71 bits per heavy atom. The highest BCUT2D eigenvalue weighted by molar-refractivity contribution is 9.10. The standard InChI is InChI=1S/C13H16BrNO2/c1-9-7-10(3-4-11(9)14)15-8-13(12(16)17)5-2-6-13/h3-4,7,15H,2,5-6,8H2,1H3,(H,16,17). The molecule has 0 amide bonds. The third-order valence-electron chi connectivity index (χ3n) is 3.55. The van der Waals surface area contributed by atoms with Crippen molar-refractivity contribution in [1.29, 1.82) is 0 Å². The molecule has 0 atom stereocenters. The molecule has 1 aliphatic carbocycles. The molecule has 1 saturated carbocycles. The molecule has 1 aromatic carbocycles. The lowest BCUT2D eigenvalue weighted by atomic mass is 9.69. The Bertz CT molecular complexity index is 441. The average Bonchev–Trinajstić information content (AvgIpc) is 2.21. The summed E-state index contributed by atoms with van der Waals surface area (Å²) in [4.78, 5) is 11.2. The minimum absolute atomic E-state index is 0.517. The van der Waals surface area contributed by atoms with Gasteiger partial charge >= 0.3 is 5.97 Å². The molecule has 92 valence electrons. The van der Waals surface area contributed by atoms with E-state index in [4.69, 9.17) is 0 Å². The smallest absolute Gasteiger partial charge is 0.311 e. The Morgan fingerprint density at radius 2 is 2.24 bits per heavy atom. The molecule has 1 fully saturated rings. The van der Waals surface area contributed by atoms with Gasteiger partial charge in [-0.25, -0.2) is 0 Å². The van der Waals surface area contributed by atoms with Crippen molar-refractivity contribution in [2.75, 3.05) is 11.9 Å². The fourth-order valence-corrected chi connectivity index (χ4v) is 2.34. The van der Waals surface area contributed by atoms with Gasteiger partial charge < -0.3 is 10.4 Å². The van der Waals surface area contributed by atoms with E-state index in [0.717, 1.165) is 35.0 Å². The maximum atomic E-state index is 11.2. The summed E-state index contributed by atoms with van der Waals surface area (Å²) >= 11 is 3.45.